The smallest absolute Gasteiger partial charge is 0.462 e. The first kappa shape index (κ1) is 59.5. The Morgan fingerprint density at radius 1 is 0.742 bits per heavy atom. The first-order valence-electron chi connectivity index (χ1n) is 24.5. The summed E-state index contributed by atoms with van der Waals surface area (Å²) in [5.41, 5.74) is 0. The fourth-order valence-electron chi connectivity index (χ4n) is 7.99. The van der Waals surface area contributed by atoms with Gasteiger partial charge in [-0.25, -0.2) is 4.57 Å². The highest BCUT2D eigenvalue weighted by Gasteiger charge is 2.49. The molecule has 0 aromatic rings. The highest BCUT2D eigenvalue weighted by atomic mass is 31.2. The Bertz CT molecular complexity index is 1520. The number of phosphoric ester groups is 1. The monoisotopic (exact) mass is 959 g/mol. The summed E-state index contributed by atoms with van der Waals surface area (Å²) in [7, 11) is -5.47. The molecule has 1 aliphatic heterocycles. The van der Waals surface area contributed by atoms with Crippen molar-refractivity contribution < 1.29 is 78.1 Å². The molecule has 0 aromatic heterocycles. The first-order valence-corrected chi connectivity index (χ1v) is 26.0. The molecular formula is C49H83O16P. The van der Waals surface area contributed by atoms with Gasteiger partial charge in [-0.1, -0.05) is 133 Å². The number of cyclic esters (lactones) is 1. The number of carbonyl (C=O) groups excluding carboxylic acids is 3. The zero-order valence-electron chi connectivity index (χ0n) is 39.4. The lowest BCUT2D eigenvalue weighted by atomic mass is 9.82. The Hall–Kier alpha value is -2.60. The molecule has 2 fully saturated rings. The number of allylic oxidation sites excluding steroid dienone is 6. The van der Waals surface area contributed by atoms with E-state index in [0.717, 1.165) is 38.2 Å². The van der Waals surface area contributed by atoms with Crippen molar-refractivity contribution >= 4 is 25.5 Å². The lowest BCUT2D eigenvalue weighted by Gasteiger charge is -2.37. The number of hydrogen-bond donors (Lipinski definition) is 8. The van der Waals surface area contributed by atoms with E-state index in [1.165, 1.54) is 44.6 Å². The predicted octanol–water partition coefficient (Wildman–Crippen LogP) is 6.54. The lowest BCUT2D eigenvalue weighted by molar-refractivity contribution is -0.167. The van der Waals surface area contributed by atoms with E-state index >= 15 is 0 Å². The number of hydrogen-bond acceptors (Lipinski definition) is 15. The average molecular weight is 959 g/mol. The van der Waals surface area contributed by atoms with E-state index in [9.17, 15) is 59.6 Å². The molecule has 2 rings (SSSR count). The number of Topliss-reactive ketones (excluding diaryl/α,β-unsaturated/α-hetero) is 1. The van der Waals surface area contributed by atoms with Gasteiger partial charge in [-0.3, -0.25) is 23.4 Å². The van der Waals surface area contributed by atoms with Crippen molar-refractivity contribution in [3.05, 3.63) is 48.6 Å². The van der Waals surface area contributed by atoms with Crippen LogP contribution in [-0.2, 0) is 37.5 Å². The summed E-state index contributed by atoms with van der Waals surface area (Å²) in [4.78, 5) is 50.2. The van der Waals surface area contributed by atoms with Crippen molar-refractivity contribution in [3.63, 3.8) is 0 Å². The fraction of sp³-hybridized carbons (Fsp3) is 0.776. The Morgan fingerprint density at radius 3 is 2.05 bits per heavy atom. The zero-order valence-corrected chi connectivity index (χ0v) is 40.3. The number of ether oxygens (including phenoxy) is 2. The van der Waals surface area contributed by atoms with Crippen molar-refractivity contribution in [2.45, 2.75) is 216 Å². The molecule has 0 aromatic carbocycles. The second kappa shape index (κ2) is 34.6. The van der Waals surface area contributed by atoms with Crippen LogP contribution in [0.1, 0.15) is 162 Å². The summed E-state index contributed by atoms with van der Waals surface area (Å²) < 4.78 is 34.7. The molecule has 1 heterocycles. The molecule has 1 saturated heterocycles. The maximum atomic E-state index is 13.7. The molecule has 12 atom stereocenters. The lowest BCUT2D eigenvalue weighted by Crippen LogP contribution is -2.55. The highest BCUT2D eigenvalue weighted by Crippen LogP contribution is 2.47. The molecule has 66 heavy (non-hydrogen) atoms. The maximum absolute atomic E-state index is 13.7. The van der Waals surface area contributed by atoms with E-state index in [4.69, 9.17) is 18.5 Å². The Morgan fingerprint density at radius 2 is 1.35 bits per heavy atom. The van der Waals surface area contributed by atoms with Crippen LogP contribution in [0, 0.1) is 11.8 Å². The topological polar surface area (TPSA) is 267 Å². The van der Waals surface area contributed by atoms with Gasteiger partial charge in [0.05, 0.1) is 36.9 Å². The van der Waals surface area contributed by atoms with Crippen LogP contribution >= 0.6 is 7.82 Å². The number of unbranched alkanes of at least 4 members (excludes halogenated alkanes) is 9. The molecule has 1 saturated carbocycles. The Kier molecular flexibility index (Phi) is 31.2. The van der Waals surface area contributed by atoms with Crippen LogP contribution in [0.2, 0.25) is 0 Å². The normalized spacial score (nSPS) is 31.2. The molecule has 17 heteroatoms. The summed E-state index contributed by atoms with van der Waals surface area (Å²) in [6.45, 7) is 2.77. The van der Waals surface area contributed by atoms with Gasteiger partial charge in [0.2, 0.25) is 0 Å². The van der Waals surface area contributed by atoms with E-state index in [1.807, 2.05) is 19.1 Å². The molecule has 0 radical (unpaired) electrons. The summed E-state index contributed by atoms with van der Waals surface area (Å²) in [6.07, 6.45) is 12.3. The summed E-state index contributed by atoms with van der Waals surface area (Å²) in [5, 5.41) is 78.6. The first-order chi connectivity index (χ1) is 31.6. The highest BCUT2D eigenvalue weighted by molar-refractivity contribution is 7.47. The number of esters is 2. The molecular weight excluding hydrogens is 875 g/mol. The fourth-order valence-corrected chi connectivity index (χ4v) is 8.97. The molecule has 0 amide bonds. The summed E-state index contributed by atoms with van der Waals surface area (Å²) in [5.74, 6) is -5.07. The predicted molar refractivity (Wildman–Crippen MR) is 250 cm³/mol. The van der Waals surface area contributed by atoms with Gasteiger partial charge in [-0.15, -0.1) is 0 Å². The molecule has 0 spiro atoms. The number of ketones is 1. The second-order valence-corrected chi connectivity index (χ2v) is 19.2. The van der Waals surface area contributed by atoms with Crippen molar-refractivity contribution in [1.29, 1.82) is 0 Å². The van der Waals surface area contributed by atoms with Crippen molar-refractivity contribution in [3.8, 4) is 0 Å². The number of fused-ring (bicyclic) bond motifs is 4. The third-order valence-corrected chi connectivity index (χ3v) is 13.0. The second-order valence-electron chi connectivity index (χ2n) is 17.7. The average Bonchev–Trinajstić information content (AvgIpc) is 3.28. The quantitative estimate of drug-likeness (QED) is 0.0248. The molecule has 1 unspecified atom stereocenters. The van der Waals surface area contributed by atoms with E-state index < -0.39 is 112 Å². The Balaban J connectivity index is 2.18. The SMILES string of the molecule is CCCCCCCC/C=C\C/C=C\C/C=C\CCCC(=O)O[C@@H]1COC(=O)CCCCCC[C@@H]2[C@@H](O)[C@H](O)[C@@H](O)[C@H](OP(=O)(O)OC1)[C@H](O)[C@H](O)[C@@H](/C=C/[C@@H](O)CCCCC)C(=O)C[C@@H]2O. The van der Waals surface area contributed by atoms with Crippen LogP contribution in [0.4, 0.5) is 0 Å². The molecule has 2 aliphatic rings. The zero-order chi connectivity index (χ0) is 48.7. The van der Waals surface area contributed by atoms with Crippen LogP contribution in [0.15, 0.2) is 48.6 Å². The number of carbonyl (C=O) groups is 3. The molecule has 8 N–H and O–H groups in total. The van der Waals surface area contributed by atoms with Gasteiger partial charge in [-0.05, 0) is 57.8 Å². The van der Waals surface area contributed by atoms with Gasteiger partial charge in [0.25, 0.3) is 0 Å². The van der Waals surface area contributed by atoms with Gasteiger partial charge in [-0.2, -0.15) is 0 Å². The minimum Gasteiger partial charge on any atom is -0.462 e. The van der Waals surface area contributed by atoms with Crippen molar-refractivity contribution in [2.75, 3.05) is 13.2 Å². The molecule has 2 bridgehead atoms. The van der Waals surface area contributed by atoms with E-state index in [-0.39, 0.29) is 19.3 Å². The van der Waals surface area contributed by atoms with Gasteiger partial charge in [0.15, 0.2) is 6.10 Å². The van der Waals surface area contributed by atoms with Gasteiger partial charge >= 0.3 is 19.8 Å². The molecule has 1 aliphatic carbocycles. The van der Waals surface area contributed by atoms with Crippen molar-refractivity contribution in [2.24, 2.45) is 11.8 Å². The van der Waals surface area contributed by atoms with Gasteiger partial charge < -0.3 is 50.1 Å². The van der Waals surface area contributed by atoms with Crippen LogP contribution in [0.5, 0.6) is 0 Å². The number of aliphatic hydroxyl groups excluding tert-OH is 7. The Labute approximate surface area is 392 Å². The maximum Gasteiger partial charge on any atom is 0.472 e. The van der Waals surface area contributed by atoms with Gasteiger partial charge in [0.1, 0.15) is 36.8 Å². The minimum atomic E-state index is -5.47. The minimum absolute atomic E-state index is 0.0151. The van der Waals surface area contributed by atoms with E-state index in [1.54, 1.807) is 0 Å². The van der Waals surface area contributed by atoms with Gasteiger partial charge in [0, 0.05) is 25.2 Å². The van der Waals surface area contributed by atoms with Crippen LogP contribution in [0.3, 0.4) is 0 Å². The molecule has 380 valence electrons. The van der Waals surface area contributed by atoms with Crippen LogP contribution in [-0.4, -0.2) is 127 Å². The largest absolute Gasteiger partial charge is 0.472 e. The van der Waals surface area contributed by atoms with E-state index in [2.05, 4.69) is 31.2 Å². The number of rotatable bonds is 22. The summed E-state index contributed by atoms with van der Waals surface area (Å²) >= 11 is 0. The molecule has 16 nitrogen and oxygen atoms in total. The number of aliphatic hydroxyl groups is 7. The van der Waals surface area contributed by atoms with Crippen LogP contribution in [0.25, 0.3) is 0 Å². The standard InChI is InChI=1S/C49H83O16P/c1-3-5-7-8-9-10-11-12-13-14-15-16-17-18-19-20-26-30-43(54)64-37-34-62-42(53)29-25-22-21-24-28-38-40(51)33-41(52)39(32-31-36(50)27-23-6-4-2)45(56)47(58)49(48(59)46(57)44(38)55)65-66(60,61)63-35-37/h12-13,15-16,18-19,31-32,36-40,44-51,55-59H,3-11,14,17,20-30,33-35H2,1-2H3,(H,60,61)/b13-12-,16-15-,19-18-,32-31+/t36-,37+,38-,39-,40-,44+,45+,46-,47+,48+,49+/m0/s1. The third kappa shape index (κ3) is 24.6. The third-order valence-electron chi connectivity index (χ3n) is 12.0. The summed E-state index contributed by atoms with van der Waals surface area (Å²) in [6, 6.07) is 0. The van der Waals surface area contributed by atoms with Crippen molar-refractivity contribution in [1.82, 2.24) is 0 Å². The number of phosphoric acid groups is 1. The van der Waals surface area contributed by atoms with E-state index in [0.29, 0.717) is 51.4 Å². The van der Waals surface area contributed by atoms with Crippen LogP contribution < -0.4 is 0 Å².